The molecule has 0 spiro atoms. The highest BCUT2D eigenvalue weighted by molar-refractivity contribution is 7.81. The van der Waals surface area contributed by atoms with Gasteiger partial charge in [0.2, 0.25) is 5.91 Å². The minimum atomic E-state index is -0.328. The number of rotatable bonds is 3. The molecule has 4 heteroatoms. The van der Waals surface area contributed by atoms with Crippen molar-refractivity contribution in [1.29, 1.82) is 5.26 Å². The van der Waals surface area contributed by atoms with Gasteiger partial charge in [-0.1, -0.05) is 19.9 Å². The maximum atomic E-state index is 12.1. The molecule has 0 aromatic heterocycles. The highest BCUT2D eigenvalue weighted by Gasteiger charge is 2.22. The second-order valence-corrected chi connectivity index (χ2v) is 4.80. The highest BCUT2D eigenvalue weighted by atomic mass is 32.1. The molecule has 90 valence electrons. The van der Waals surface area contributed by atoms with Crippen LogP contribution >= 0.6 is 12.6 Å². The molecule has 1 unspecified atom stereocenters. The van der Waals surface area contributed by atoms with Crippen LogP contribution in [-0.4, -0.2) is 18.2 Å². The average Bonchev–Trinajstić information content (AvgIpc) is 2.36. The fourth-order valence-electron chi connectivity index (χ4n) is 1.39. The summed E-state index contributed by atoms with van der Waals surface area (Å²) < 4.78 is 0. The molecule has 0 N–H and O–H groups in total. The van der Waals surface area contributed by atoms with E-state index < -0.39 is 0 Å². The van der Waals surface area contributed by atoms with Gasteiger partial charge in [-0.15, -0.1) is 0 Å². The van der Waals surface area contributed by atoms with Crippen molar-refractivity contribution in [2.45, 2.75) is 19.1 Å². The maximum absolute atomic E-state index is 12.1. The Kier molecular flexibility index (Phi) is 4.59. The van der Waals surface area contributed by atoms with Gasteiger partial charge in [0.05, 0.1) is 16.9 Å². The fourth-order valence-corrected chi connectivity index (χ4v) is 1.57. The molecule has 1 rings (SSSR count). The van der Waals surface area contributed by atoms with Gasteiger partial charge in [0.25, 0.3) is 0 Å². The Morgan fingerprint density at radius 3 is 2.65 bits per heavy atom. The number of nitriles is 1. The van der Waals surface area contributed by atoms with Crippen molar-refractivity contribution in [3.8, 4) is 6.07 Å². The van der Waals surface area contributed by atoms with Crippen molar-refractivity contribution in [1.82, 2.24) is 0 Å². The number of benzene rings is 1. The lowest BCUT2D eigenvalue weighted by atomic mass is 10.1. The van der Waals surface area contributed by atoms with Gasteiger partial charge in [-0.3, -0.25) is 4.79 Å². The summed E-state index contributed by atoms with van der Waals surface area (Å²) in [5.74, 6) is 0.117. The molecule has 0 radical (unpaired) electrons. The summed E-state index contributed by atoms with van der Waals surface area (Å²) in [6.45, 7) is 3.91. The van der Waals surface area contributed by atoms with Crippen LogP contribution in [0.15, 0.2) is 24.3 Å². The number of thiol groups is 1. The van der Waals surface area contributed by atoms with Gasteiger partial charge in [-0.25, -0.2) is 0 Å². The molecule has 1 atom stereocenters. The largest absolute Gasteiger partial charge is 0.314 e. The number of nitrogens with zero attached hydrogens (tertiary/aromatic N) is 2. The molecule has 1 aromatic carbocycles. The van der Waals surface area contributed by atoms with E-state index in [1.54, 1.807) is 36.2 Å². The van der Waals surface area contributed by atoms with E-state index in [0.717, 1.165) is 0 Å². The van der Waals surface area contributed by atoms with Crippen LogP contribution in [0.1, 0.15) is 19.4 Å². The van der Waals surface area contributed by atoms with E-state index in [1.165, 1.54) is 0 Å². The minimum Gasteiger partial charge on any atom is -0.314 e. The average molecular weight is 248 g/mol. The van der Waals surface area contributed by atoms with E-state index in [1.807, 2.05) is 13.8 Å². The van der Waals surface area contributed by atoms with Gasteiger partial charge >= 0.3 is 0 Å². The van der Waals surface area contributed by atoms with E-state index in [0.29, 0.717) is 11.3 Å². The highest BCUT2D eigenvalue weighted by Crippen LogP contribution is 2.19. The third-order valence-corrected chi connectivity index (χ3v) is 3.39. The predicted octanol–water partition coefficient (Wildman–Crippen LogP) is 2.48. The Morgan fingerprint density at radius 1 is 1.47 bits per heavy atom. The first-order chi connectivity index (χ1) is 7.97. The molecule has 0 fully saturated rings. The molecule has 0 saturated heterocycles. The summed E-state index contributed by atoms with van der Waals surface area (Å²) >= 11 is 4.30. The van der Waals surface area contributed by atoms with Crippen LogP contribution < -0.4 is 4.90 Å². The van der Waals surface area contributed by atoms with Gasteiger partial charge < -0.3 is 4.90 Å². The summed E-state index contributed by atoms with van der Waals surface area (Å²) in [4.78, 5) is 13.6. The number of hydrogen-bond donors (Lipinski definition) is 1. The van der Waals surface area contributed by atoms with Gasteiger partial charge in [-0.05, 0) is 24.1 Å². The first kappa shape index (κ1) is 13.6. The molecule has 0 heterocycles. The molecular formula is C13H16N2OS. The van der Waals surface area contributed by atoms with E-state index in [9.17, 15) is 4.79 Å². The third kappa shape index (κ3) is 3.24. The van der Waals surface area contributed by atoms with Gasteiger partial charge in [0.15, 0.2) is 0 Å². The SMILES string of the molecule is CC(C)C(S)C(=O)N(C)c1cccc(C#N)c1. The molecule has 1 aromatic rings. The van der Waals surface area contributed by atoms with Crippen LogP contribution in [-0.2, 0) is 4.79 Å². The third-order valence-electron chi connectivity index (χ3n) is 2.58. The van der Waals surface area contributed by atoms with Crippen molar-refractivity contribution in [3.05, 3.63) is 29.8 Å². The second kappa shape index (κ2) is 5.74. The summed E-state index contributed by atoms with van der Waals surface area (Å²) in [6.07, 6.45) is 0. The Bertz CT molecular complexity index is 451. The van der Waals surface area contributed by atoms with Crippen LogP contribution in [0.2, 0.25) is 0 Å². The van der Waals surface area contributed by atoms with Crippen molar-refractivity contribution in [2.75, 3.05) is 11.9 Å². The van der Waals surface area contributed by atoms with Crippen molar-refractivity contribution in [2.24, 2.45) is 5.92 Å². The van der Waals surface area contributed by atoms with Gasteiger partial charge in [-0.2, -0.15) is 17.9 Å². The molecule has 3 nitrogen and oxygen atoms in total. The molecule has 1 amide bonds. The standard InChI is InChI=1S/C13H16N2OS/c1-9(2)12(17)13(16)15(3)11-6-4-5-10(7-11)8-14/h4-7,9,12,17H,1-3H3. The number of anilines is 1. The van der Waals surface area contributed by atoms with E-state index in [4.69, 9.17) is 5.26 Å². The number of carbonyl (C=O) groups excluding carboxylic acids is 1. The molecule has 17 heavy (non-hydrogen) atoms. The van der Waals surface area contributed by atoms with Gasteiger partial charge in [0.1, 0.15) is 0 Å². The predicted molar refractivity (Wildman–Crippen MR) is 72.2 cm³/mol. The first-order valence-electron chi connectivity index (χ1n) is 5.43. The number of carbonyl (C=O) groups is 1. The fraction of sp³-hybridized carbons (Fsp3) is 0.385. The maximum Gasteiger partial charge on any atom is 0.239 e. The van der Waals surface area contributed by atoms with Crippen molar-refractivity contribution in [3.63, 3.8) is 0 Å². The zero-order valence-corrected chi connectivity index (χ0v) is 11.1. The zero-order chi connectivity index (χ0) is 13.0. The summed E-state index contributed by atoms with van der Waals surface area (Å²) in [5, 5.41) is 8.48. The number of amides is 1. The summed E-state index contributed by atoms with van der Waals surface area (Å²) in [5.41, 5.74) is 1.26. The normalized spacial score (nSPS) is 12.0. The molecule has 0 aliphatic heterocycles. The zero-order valence-electron chi connectivity index (χ0n) is 10.2. The molecule has 0 aliphatic carbocycles. The second-order valence-electron chi connectivity index (χ2n) is 4.25. The van der Waals surface area contributed by atoms with Crippen LogP contribution in [0, 0.1) is 17.2 Å². The van der Waals surface area contributed by atoms with Crippen LogP contribution in [0.3, 0.4) is 0 Å². The van der Waals surface area contributed by atoms with Crippen LogP contribution in [0.4, 0.5) is 5.69 Å². The van der Waals surface area contributed by atoms with Gasteiger partial charge in [0, 0.05) is 12.7 Å². The van der Waals surface area contributed by atoms with Crippen LogP contribution in [0.5, 0.6) is 0 Å². The first-order valence-corrected chi connectivity index (χ1v) is 5.94. The smallest absolute Gasteiger partial charge is 0.239 e. The molecule has 0 saturated carbocycles. The molecule has 0 aliphatic rings. The summed E-state index contributed by atoms with van der Waals surface area (Å²) in [6, 6.07) is 9.03. The molecular weight excluding hydrogens is 232 g/mol. The van der Waals surface area contributed by atoms with Crippen molar-refractivity contribution >= 4 is 24.2 Å². The lowest BCUT2D eigenvalue weighted by Gasteiger charge is -2.23. The van der Waals surface area contributed by atoms with Crippen molar-refractivity contribution < 1.29 is 4.79 Å². The lowest BCUT2D eigenvalue weighted by molar-refractivity contribution is -0.118. The van der Waals surface area contributed by atoms with E-state index >= 15 is 0 Å². The van der Waals surface area contributed by atoms with E-state index in [2.05, 4.69) is 18.7 Å². The minimum absolute atomic E-state index is 0.0570. The van der Waals surface area contributed by atoms with E-state index in [-0.39, 0.29) is 17.1 Å². The Balaban J connectivity index is 2.93. The summed E-state index contributed by atoms with van der Waals surface area (Å²) in [7, 11) is 1.70. The molecule has 0 bridgehead atoms. The number of hydrogen-bond acceptors (Lipinski definition) is 3. The Morgan fingerprint density at radius 2 is 2.12 bits per heavy atom. The van der Waals surface area contributed by atoms with Crippen LogP contribution in [0.25, 0.3) is 0 Å². The Hall–Kier alpha value is -1.47. The monoisotopic (exact) mass is 248 g/mol. The quantitative estimate of drug-likeness (QED) is 0.835. The topological polar surface area (TPSA) is 44.1 Å². The lowest BCUT2D eigenvalue weighted by Crippen LogP contribution is -2.36. The Labute approximate surface area is 107 Å².